The maximum absolute atomic E-state index is 13.4. The van der Waals surface area contributed by atoms with E-state index in [0.717, 1.165) is 0 Å². The van der Waals surface area contributed by atoms with Crippen LogP contribution in [0, 0.1) is 0 Å². The number of aliphatic carboxylic acids is 3. The van der Waals surface area contributed by atoms with Gasteiger partial charge in [0.25, 0.3) is 0 Å². The highest BCUT2D eigenvalue weighted by atomic mass is 16.4. The van der Waals surface area contributed by atoms with Crippen LogP contribution in [0.25, 0.3) is 0 Å². The maximum Gasteiger partial charge on any atom is 0.361 e. The Labute approximate surface area is 274 Å². The van der Waals surface area contributed by atoms with Crippen molar-refractivity contribution in [3.8, 4) is 0 Å². The quantitative estimate of drug-likeness (QED) is 0.202. The number of rotatable bonds is 9. The van der Waals surface area contributed by atoms with Crippen LogP contribution in [0.1, 0.15) is 122 Å². The van der Waals surface area contributed by atoms with Crippen molar-refractivity contribution < 1.29 is 58.8 Å². The van der Waals surface area contributed by atoms with Gasteiger partial charge < -0.3 is 30.6 Å². The molecule has 13 heteroatoms. The fourth-order valence-corrected chi connectivity index (χ4v) is 11.3. The zero-order valence-electron chi connectivity index (χ0n) is 30.3. The molecule has 0 atom stereocenters. The highest BCUT2D eigenvalue weighted by Gasteiger charge is 2.85. The molecule has 3 aliphatic rings. The Kier molecular flexibility index (Phi) is 9.52. The average Bonchev–Trinajstić information content (AvgIpc) is 2.75. The summed E-state index contributed by atoms with van der Waals surface area (Å²) in [7, 11) is 0. The third kappa shape index (κ3) is 5.38. The van der Waals surface area contributed by atoms with Crippen LogP contribution < -0.4 is 0 Å². The molecule has 0 aliphatic carbocycles. The number of aliphatic hydroxyl groups excluding tert-OH is 3. The molecular formula is C33H63N4O9+3. The number of carboxylic acids is 3. The molecule has 266 valence electrons. The van der Waals surface area contributed by atoms with Gasteiger partial charge in [0.15, 0.2) is 5.23 Å². The molecule has 0 aromatic rings. The summed E-state index contributed by atoms with van der Waals surface area (Å²) in [5.41, 5.74) is -6.43. The normalized spacial score (nSPS) is 39.0. The van der Waals surface area contributed by atoms with Crippen molar-refractivity contribution in [1.82, 2.24) is 5.23 Å². The highest BCUT2D eigenvalue weighted by molar-refractivity contribution is 5.69. The molecule has 46 heavy (non-hydrogen) atoms. The van der Waals surface area contributed by atoms with E-state index in [9.17, 15) is 45.0 Å². The standard InChI is InChI=1S/C33H60N4O9/c1-28(2)13-22(38)14-29(3,4)35(28,19-25(41)42)34(36(20-26(43)44)30(5,6)15-23(39)16-31(36,7)8)37(21-27(45)46)32(9,10)17-24(40)18-33(37,11)12/h22-24,38-40H,13-21H2,1-12H3/p+3. The Balaban J connectivity index is 2.87. The first-order valence-corrected chi connectivity index (χ1v) is 16.6. The monoisotopic (exact) mass is 659 g/mol. The van der Waals surface area contributed by atoms with Crippen LogP contribution in [0.3, 0.4) is 0 Å². The van der Waals surface area contributed by atoms with E-state index in [-0.39, 0.29) is 52.3 Å². The average molecular weight is 660 g/mol. The van der Waals surface area contributed by atoms with Crippen LogP contribution >= 0.6 is 0 Å². The van der Waals surface area contributed by atoms with Crippen LogP contribution in [0.4, 0.5) is 0 Å². The second-order valence-electron chi connectivity index (χ2n) is 18.3. The third-order valence-electron chi connectivity index (χ3n) is 12.4. The molecule has 0 aromatic carbocycles. The Bertz CT molecular complexity index is 1020. The predicted octanol–water partition coefficient (Wildman–Crippen LogP) is 2.87. The fraction of sp³-hybridized carbons (Fsp3) is 0.909. The first kappa shape index (κ1) is 38.6. The molecule has 0 bridgehead atoms. The van der Waals surface area contributed by atoms with E-state index in [1.807, 2.05) is 88.3 Å². The Morgan fingerprint density at radius 2 is 0.609 bits per heavy atom. The van der Waals surface area contributed by atoms with Crippen molar-refractivity contribution in [3.05, 3.63) is 0 Å². The van der Waals surface area contributed by atoms with Crippen molar-refractivity contribution in [2.45, 2.75) is 173 Å². The summed E-state index contributed by atoms with van der Waals surface area (Å²) in [5, 5.41) is 68.6. The molecule has 3 heterocycles. The van der Waals surface area contributed by atoms with Gasteiger partial charge in [-0.25, -0.2) is 14.4 Å². The molecule has 3 rings (SSSR count). The second-order valence-corrected chi connectivity index (χ2v) is 18.3. The van der Waals surface area contributed by atoms with E-state index < -0.39 is 89.1 Å². The van der Waals surface area contributed by atoms with Crippen LogP contribution in [-0.2, 0) is 14.4 Å². The molecule has 0 aromatic heterocycles. The first-order chi connectivity index (χ1) is 20.4. The van der Waals surface area contributed by atoms with Gasteiger partial charge in [0.05, 0.1) is 18.3 Å². The number of nitrogens with zero attached hydrogens (tertiary/aromatic N) is 4. The van der Waals surface area contributed by atoms with Crippen LogP contribution in [0.5, 0.6) is 0 Å². The van der Waals surface area contributed by atoms with Gasteiger partial charge in [0.2, 0.25) is 19.6 Å². The summed E-state index contributed by atoms with van der Waals surface area (Å²) in [5.74, 6) is -3.44. The molecule has 0 saturated carbocycles. The van der Waals surface area contributed by atoms with Crippen molar-refractivity contribution in [2.24, 2.45) is 0 Å². The molecule has 3 saturated heterocycles. The maximum atomic E-state index is 13.4. The van der Waals surface area contributed by atoms with Gasteiger partial charge in [-0.1, -0.05) is 0 Å². The number of hydrogen-bond donors (Lipinski definition) is 6. The zero-order chi connectivity index (χ0) is 35.9. The molecule has 0 unspecified atom stereocenters. The summed E-state index contributed by atoms with van der Waals surface area (Å²) in [4.78, 5) is 40.1. The Hall–Kier alpha value is -1.87. The lowest BCUT2D eigenvalue weighted by molar-refractivity contribution is -1.48. The summed E-state index contributed by atoms with van der Waals surface area (Å²) >= 11 is 0. The lowest BCUT2D eigenvalue weighted by atomic mass is 9.73. The number of carboxylic acid groups (broad SMARTS) is 3. The van der Waals surface area contributed by atoms with E-state index in [1.54, 1.807) is 0 Å². The van der Waals surface area contributed by atoms with Crippen LogP contribution in [-0.4, -0.2) is 139 Å². The van der Waals surface area contributed by atoms with E-state index in [4.69, 9.17) is 0 Å². The fourth-order valence-electron chi connectivity index (χ4n) is 11.3. The number of aliphatic hydroxyl groups is 3. The molecular weight excluding hydrogens is 596 g/mol. The van der Waals surface area contributed by atoms with Gasteiger partial charge in [-0.2, -0.15) is 0 Å². The van der Waals surface area contributed by atoms with Crippen LogP contribution in [0.15, 0.2) is 0 Å². The van der Waals surface area contributed by atoms with Gasteiger partial charge in [0, 0.05) is 38.5 Å². The number of carbonyl (C=O) groups is 3. The topological polar surface area (TPSA) is 176 Å². The van der Waals surface area contributed by atoms with Crippen molar-refractivity contribution in [3.63, 3.8) is 0 Å². The van der Waals surface area contributed by atoms with Crippen LogP contribution in [0.2, 0.25) is 0 Å². The summed E-state index contributed by atoms with van der Waals surface area (Å²) < 4.78 is -1.13. The third-order valence-corrected chi connectivity index (χ3v) is 12.4. The SMILES string of the molecule is CC1(C)CC(O)CC(C)(C)[N+]1(CC(=O)O)N([N+]1(CC(=O)O)C(C)(C)CC(O)CC1(C)C)[N+]1(CC(=O)O)C(C)(C)CC(O)CC1(C)C. The highest BCUT2D eigenvalue weighted by Crippen LogP contribution is 2.62. The minimum absolute atomic E-state index is 0.174. The minimum atomic E-state index is -1.15. The molecule has 0 spiro atoms. The molecule has 3 aliphatic heterocycles. The lowest BCUT2D eigenvalue weighted by Crippen LogP contribution is -3.02. The van der Waals surface area contributed by atoms with Crippen molar-refractivity contribution in [2.75, 3.05) is 19.6 Å². The minimum Gasteiger partial charge on any atom is -0.477 e. The number of quaternary nitrogens is 3. The van der Waals surface area contributed by atoms with Gasteiger partial charge in [-0.05, 0) is 83.1 Å². The van der Waals surface area contributed by atoms with Crippen molar-refractivity contribution in [1.29, 1.82) is 0 Å². The van der Waals surface area contributed by atoms with Crippen molar-refractivity contribution >= 4 is 17.9 Å². The Morgan fingerprint density at radius 1 is 0.457 bits per heavy atom. The number of piperidine rings is 3. The zero-order valence-corrected chi connectivity index (χ0v) is 30.3. The van der Waals surface area contributed by atoms with E-state index in [0.29, 0.717) is 0 Å². The Morgan fingerprint density at radius 3 is 0.739 bits per heavy atom. The van der Waals surface area contributed by atoms with Gasteiger partial charge in [-0.15, -0.1) is 13.8 Å². The largest absolute Gasteiger partial charge is 0.477 e. The summed E-state index contributed by atoms with van der Waals surface area (Å²) in [6.07, 6.45) is -1.33. The van der Waals surface area contributed by atoms with Gasteiger partial charge in [0.1, 0.15) is 33.2 Å². The van der Waals surface area contributed by atoms with Gasteiger partial charge in [-0.3, -0.25) is 0 Å². The van der Waals surface area contributed by atoms with E-state index in [1.165, 1.54) is 0 Å². The molecule has 13 nitrogen and oxygen atoms in total. The number of hydrogen-bond acceptors (Lipinski definition) is 7. The number of likely N-dealkylation sites (tertiary alicyclic amines) is 3. The van der Waals surface area contributed by atoms with E-state index >= 15 is 0 Å². The molecule has 6 N–H and O–H groups in total. The predicted molar refractivity (Wildman–Crippen MR) is 170 cm³/mol. The molecule has 0 radical (unpaired) electrons. The van der Waals surface area contributed by atoms with Gasteiger partial charge >= 0.3 is 17.9 Å². The smallest absolute Gasteiger partial charge is 0.361 e. The summed E-state index contributed by atoms with van der Waals surface area (Å²) in [6, 6.07) is 0. The first-order valence-electron chi connectivity index (χ1n) is 16.6. The molecule has 3 fully saturated rings. The molecule has 0 amide bonds. The summed E-state index contributed by atoms with van der Waals surface area (Å²) in [6.45, 7) is 21.1. The van der Waals surface area contributed by atoms with E-state index in [2.05, 4.69) is 0 Å². The lowest BCUT2D eigenvalue weighted by Gasteiger charge is -2.76. The second kappa shape index (κ2) is 11.3.